The van der Waals surface area contributed by atoms with E-state index in [4.69, 9.17) is 0 Å². The summed E-state index contributed by atoms with van der Waals surface area (Å²) in [4.78, 5) is 6.51. The van der Waals surface area contributed by atoms with E-state index in [0.717, 1.165) is 17.6 Å². The molecule has 0 amide bonds. The molecule has 0 bridgehead atoms. The molecule has 0 aliphatic heterocycles. The largest absolute Gasteiger partial charge is 0.370 e. The molecule has 0 aromatic carbocycles. The van der Waals surface area contributed by atoms with Crippen LogP contribution in [0.3, 0.4) is 0 Å². The van der Waals surface area contributed by atoms with E-state index in [1.54, 1.807) is 0 Å². The number of rotatable bonds is 4. The molecule has 0 aliphatic carbocycles. The Morgan fingerprint density at radius 3 is 2.64 bits per heavy atom. The molecule has 0 saturated carbocycles. The number of aromatic nitrogens is 1. The first-order valence-electron chi connectivity index (χ1n) is 4.99. The van der Waals surface area contributed by atoms with E-state index in [1.807, 2.05) is 12.4 Å². The highest BCUT2D eigenvalue weighted by atomic mass is 79.9. The molecule has 0 N–H and O–H groups in total. The molecule has 0 unspecified atom stereocenters. The van der Waals surface area contributed by atoms with Gasteiger partial charge in [-0.1, -0.05) is 13.8 Å². The number of anilines is 1. The number of nitrogens with zero attached hydrogens (tertiary/aromatic N) is 2. The standard InChI is InChI=1S/C11H17BrN2/c1-4-14(8-9(2)3)11-5-10(12)6-13-7-11/h5-7,9H,4,8H2,1-3H3. The van der Waals surface area contributed by atoms with Crippen LogP contribution >= 0.6 is 15.9 Å². The molecule has 0 atom stereocenters. The van der Waals surface area contributed by atoms with Crippen molar-refractivity contribution in [1.82, 2.24) is 4.98 Å². The Morgan fingerprint density at radius 1 is 1.43 bits per heavy atom. The minimum Gasteiger partial charge on any atom is -0.370 e. The molecule has 0 radical (unpaired) electrons. The highest BCUT2D eigenvalue weighted by Crippen LogP contribution is 2.18. The lowest BCUT2D eigenvalue weighted by Gasteiger charge is -2.24. The van der Waals surface area contributed by atoms with Gasteiger partial charge in [0.25, 0.3) is 0 Å². The fourth-order valence-corrected chi connectivity index (χ4v) is 1.78. The third-order valence-corrected chi connectivity index (χ3v) is 2.46. The lowest BCUT2D eigenvalue weighted by molar-refractivity contribution is 0.618. The van der Waals surface area contributed by atoms with Crippen molar-refractivity contribution in [2.45, 2.75) is 20.8 Å². The molecular weight excluding hydrogens is 240 g/mol. The van der Waals surface area contributed by atoms with Crippen LogP contribution in [0, 0.1) is 5.92 Å². The Morgan fingerprint density at radius 2 is 2.14 bits per heavy atom. The zero-order chi connectivity index (χ0) is 10.6. The molecule has 0 aliphatic rings. The summed E-state index contributed by atoms with van der Waals surface area (Å²) in [5.41, 5.74) is 1.19. The van der Waals surface area contributed by atoms with E-state index in [9.17, 15) is 0 Å². The van der Waals surface area contributed by atoms with E-state index < -0.39 is 0 Å². The minimum atomic E-state index is 0.675. The van der Waals surface area contributed by atoms with Crippen molar-refractivity contribution in [1.29, 1.82) is 0 Å². The Bertz CT molecular complexity index is 286. The van der Waals surface area contributed by atoms with Crippen LogP contribution in [0.15, 0.2) is 22.9 Å². The second-order valence-corrected chi connectivity index (χ2v) is 4.71. The first-order chi connectivity index (χ1) is 6.63. The normalized spacial score (nSPS) is 10.6. The van der Waals surface area contributed by atoms with Crippen molar-refractivity contribution in [3.63, 3.8) is 0 Å². The van der Waals surface area contributed by atoms with Gasteiger partial charge in [0, 0.05) is 23.8 Å². The van der Waals surface area contributed by atoms with Gasteiger partial charge in [0.15, 0.2) is 0 Å². The van der Waals surface area contributed by atoms with Crippen LogP contribution in [0.1, 0.15) is 20.8 Å². The molecule has 1 heterocycles. The summed E-state index contributed by atoms with van der Waals surface area (Å²) in [5.74, 6) is 0.675. The molecule has 0 fully saturated rings. The van der Waals surface area contributed by atoms with Gasteiger partial charge in [-0.05, 0) is 34.8 Å². The summed E-state index contributed by atoms with van der Waals surface area (Å²) in [7, 11) is 0. The smallest absolute Gasteiger partial charge is 0.0564 e. The first kappa shape index (κ1) is 11.5. The van der Waals surface area contributed by atoms with Crippen LogP contribution in [0.25, 0.3) is 0 Å². The van der Waals surface area contributed by atoms with E-state index >= 15 is 0 Å². The second kappa shape index (κ2) is 5.35. The Balaban J connectivity index is 2.78. The molecule has 14 heavy (non-hydrogen) atoms. The van der Waals surface area contributed by atoms with E-state index in [2.05, 4.69) is 52.7 Å². The van der Waals surface area contributed by atoms with Gasteiger partial charge in [-0.2, -0.15) is 0 Å². The maximum atomic E-state index is 4.17. The average molecular weight is 257 g/mol. The van der Waals surface area contributed by atoms with Crippen molar-refractivity contribution in [2.75, 3.05) is 18.0 Å². The molecular formula is C11H17BrN2. The third kappa shape index (κ3) is 3.29. The second-order valence-electron chi connectivity index (χ2n) is 3.79. The van der Waals surface area contributed by atoms with Gasteiger partial charge in [-0.25, -0.2) is 0 Å². The Labute approximate surface area is 94.5 Å². The van der Waals surface area contributed by atoms with E-state index in [-0.39, 0.29) is 0 Å². The van der Waals surface area contributed by atoms with Gasteiger partial charge in [0.1, 0.15) is 0 Å². The van der Waals surface area contributed by atoms with Crippen LogP contribution in [0.5, 0.6) is 0 Å². The Kier molecular flexibility index (Phi) is 4.39. The van der Waals surface area contributed by atoms with Crippen LogP contribution < -0.4 is 4.90 Å². The molecule has 1 aromatic heterocycles. The fourth-order valence-electron chi connectivity index (χ4n) is 1.43. The van der Waals surface area contributed by atoms with E-state index in [1.165, 1.54) is 5.69 Å². The number of hydrogen-bond acceptors (Lipinski definition) is 2. The van der Waals surface area contributed by atoms with Crippen LogP contribution in [0.2, 0.25) is 0 Å². The van der Waals surface area contributed by atoms with Crippen molar-refractivity contribution in [3.05, 3.63) is 22.9 Å². The van der Waals surface area contributed by atoms with Gasteiger partial charge in [0.2, 0.25) is 0 Å². The predicted molar refractivity (Wildman–Crippen MR) is 64.7 cm³/mol. The molecule has 0 saturated heterocycles. The van der Waals surface area contributed by atoms with Crippen LogP contribution in [0.4, 0.5) is 5.69 Å². The maximum absolute atomic E-state index is 4.17. The van der Waals surface area contributed by atoms with Gasteiger partial charge < -0.3 is 4.90 Å². The fraction of sp³-hybridized carbons (Fsp3) is 0.545. The maximum Gasteiger partial charge on any atom is 0.0564 e. The minimum absolute atomic E-state index is 0.675. The Hall–Kier alpha value is -0.570. The molecule has 2 nitrogen and oxygen atoms in total. The third-order valence-electron chi connectivity index (χ3n) is 2.02. The quantitative estimate of drug-likeness (QED) is 0.822. The predicted octanol–water partition coefficient (Wildman–Crippen LogP) is 3.33. The van der Waals surface area contributed by atoms with Gasteiger partial charge in [-0.3, -0.25) is 4.98 Å². The summed E-state index contributed by atoms with van der Waals surface area (Å²) < 4.78 is 1.04. The number of halogens is 1. The molecule has 0 spiro atoms. The van der Waals surface area contributed by atoms with Crippen molar-refractivity contribution in [2.24, 2.45) is 5.92 Å². The SMILES string of the molecule is CCN(CC(C)C)c1cncc(Br)c1. The average Bonchev–Trinajstić information content (AvgIpc) is 2.14. The van der Waals surface area contributed by atoms with Crippen molar-refractivity contribution >= 4 is 21.6 Å². The van der Waals surface area contributed by atoms with E-state index in [0.29, 0.717) is 5.92 Å². The van der Waals surface area contributed by atoms with Gasteiger partial charge >= 0.3 is 0 Å². The first-order valence-corrected chi connectivity index (χ1v) is 5.78. The molecule has 3 heteroatoms. The van der Waals surface area contributed by atoms with Gasteiger partial charge in [0.05, 0.1) is 11.9 Å². The summed E-state index contributed by atoms with van der Waals surface area (Å²) in [6, 6.07) is 2.11. The highest BCUT2D eigenvalue weighted by Gasteiger charge is 2.06. The monoisotopic (exact) mass is 256 g/mol. The summed E-state index contributed by atoms with van der Waals surface area (Å²) >= 11 is 3.44. The zero-order valence-corrected chi connectivity index (χ0v) is 10.6. The van der Waals surface area contributed by atoms with Gasteiger partial charge in [-0.15, -0.1) is 0 Å². The lowest BCUT2D eigenvalue weighted by Crippen LogP contribution is -2.27. The molecule has 1 aromatic rings. The highest BCUT2D eigenvalue weighted by molar-refractivity contribution is 9.10. The summed E-state index contributed by atoms with van der Waals surface area (Å²) in [5, 5.41) is 0. The van der Waals surface area contributed by atoms with Crippen molar-refractivity contribution in [3.8, 4) is 0 Å². The molecule has 78 valence electrons. The summed E-state index contributed by atoms with van der Waals surface area (Å²) in [6.45, 7) is 8.73. The van der Waals surface area contributed by atoms with Crippen molar-refractivity contribution < 1.29 is 0 Å². The number of pyridine rings is 1. The zero-order valence-electron chi connectivity index (χ0n) is 9.00. The lowest BCUT2D eigenvalue weighted by atomic mass is 10.2. The van der Waals surface area contributed by atoms with Crippen LogP contribution in [-0.4, -0.2) is 18.1 Å². The summed E-state index contributed by atoms with van der Waals surface area (Å²) in [6.07, 6.45) is 3.73. The molecule has 1 rings (SSSR count). The topological polar surface area (TPSA) is 16.1 Å². The van der Waals surface area contributed by atoms with Crippen LogP contribution in [-0.2, 0) is 0 Å². The number of hydrogen-bond donors (Lipinski definition) is 0.